The highest BCUT2D eigenvalue weighted by atomic mass is 16.3. The first-order valence-corrected chi connectivity index (χ1v) is 5.15. The summed E-state index contributed by atoms with van der Waals surface area (Å²) in [6.07, 6.45) is 1.01. The third kappa shape index (κ3) is 1.44. The van der Waals surface area contributed by atoms with E-state index in [0.717, 1.165) is 17.7 Å². The number of hydrogen-bond donors (Lipinski definition) is 2. The molecule has 1 atom stereocenters. The molecule has 0 amide bonds. The maximum atomic E-state index is 11.5. The molecule has 0 spiro atoms. The van der Waals surface area contributed by atoms with Gasteiger partial charge in [-0.15, -0.1) is 0 Å². The molecule has 0 radical (unpaired) electrons. The second-order valence-corrected chi connectivity index (χ2v) is 3.88. The summed E-state index contributed by atoms with van der Waals surface area (Å²) in [7, 11) is 0. The topological polar surface area (TPSA) is 51.3 Å². The monoisotopic (exact) mass is 204 g/mol. The van der Waals surface area contributed by atoms with Gasteiger partial charge in [-0.1, -0.05) is 26.0 Å². The Bertz CT molecular complexity index is 449. The fourth-order valence-corrected chi connectivity index (χ4v) is 1.83. The van der Waals surface area contributed by atoms with Crippen molar-refractivity contribution >= 4 is 17.4 Å². The molecule has 1 aliphatic heterocycles. The average molecular weight is 204 g/mol. The van der Waals surface area contributed by atoms with Crippen molar-refractivity contribution in [3.63, 3.8) is 0 Å². The number of rotatable bonds is 2. The lowest BCUT2D eigenvalue weighted by Gasteiger charge is -2.08. The van der Waals surface area contributed by atoms with E-state index in [4.69, 9.17) is 0 Å². The lowest BCUT2D eigenvalue weighted by atomic mass is 9.94. The zero-order chi connectivity index (χ0) is 11.0. The molecule has 0 saturated heterocycles. The van der Waals surface area contributed by atoms with Crippen molar-refractivity contribution in [1.82, 2.24) is 0 Å². The summed E-state index contributed by atoms with van der Waals surface area (Å²) in [6.45, 7) is 4.21. The molecule has 0 fully saturated rings. The number of aliphatic hydroxyl groups is 1. The van der Waals surface area contributed by atoms with E-state index in [9.17, 15) is 9.90 Å². The number of carbonyl (C=O) groups excluding carboxylic acids is 1. The quantitative estimate of drug-likeness (QED) is 0.757. The van der Waals surface area contributed by atoms with E-state index in [1.165, 1.54) is 0 Å². The Balaban J connectivity index is 2.57. The van der Waals surface area contributed by atoms with Crippen LogP contribution in [0.5, 0.6) is 0 Å². The van der Waals surface area contributed by atoms with E-state index in [0.29, 0.717) is 11.5 Å². The molecular formula is C12H14NO2+. The van der Waals surface area contributed by atoms with Gasteiger partial charge in [-0.2, -0.15) is 4.99 Å². The van der Waals surface area contributed by atoms with Crippen LogP contribution in [0.2, 0.25) is 0 Å². The van der Waals surface area contributed by atoms with Gasteiger partial charge in [-0.05, 0) is 18.4 Å². The van der Waals surface area contributed by atoms with E-state index < -0.39 is 0 Å². The summed E-state index contributed by atoms with van der Waals surface area (Å²) in [4.78, 5) is 14.3. The number of nitrogens with one attached hydrogen (secondary N) is 1. The van der Waals surface area contributed by atoms with Gasteiger partial charge in [-0.3, -0.25) is 4.79 Å². The van der Waals surface area contributed by atoms with Gasteiger partial charge >= 0.3 is 11.7 Å². The highest BCUT2D eigenvalue weighted by Crippen LogP contribution is 2.27. The van der Waals surface area contributed by atoms with Crippen molar-refractivity contribution in [3.8, 4) is 0 Å². The van der Waals surface area contributed by atoms with Crippen LogP contribution in [0.25, 0.3) is 0 Å². The third-order valence-electron chi connectivity index (χ3n) is 2.94. The number of aliphatic hydroxyl groups excluding tert-OH is 1. The predicted octanol–water partition coefficient (Wildman–Crippen LogP) is 1.06. The minimum atomic E-state index is -0.310. The highest BCUT2D eigenvalue weighted by Gasteiger charge is 2.34. The van der Waals surface area contributed by atoms with Gasteiger partial charge in [0.1, 0.15) is 5.56 Å². The molecule has 0 saturated carbocycles. The Hall–Kier alpha value is -1.64. The summed E-state index contributed by atoms with van der Waals surface area (Å²) < 4.78 is 0. The summed E-state index contributed by atoms with van der Waals surface area (Å²) in [6, 6.07) is 5.59. The van der Waals surface area contributed by atoms with E-state index in [1.807, 2.05) is 12.1 Å². The van der Waals surface area contributed by atoms with Gasteiger partial charge in [-0.25, -0.2) is 0 Å². The Labute approximate surface area is 88.5 Å². The van der Waals surface area contributed by atoms with E-state index in [-0.39, 0.29) is 11.7 Å². The molecule has 3 nitrogen and oxygen atoms in total. The van der Waals surface area contributed by atoms with Crippen molar-refractivity contribution in [2.75, 3.05) is 0 Å². The zero-order valence-electron chi connectivity index (χ0n) is 8.87. The van der Waals surface area contributed by atoms with Gasteiger partial charge in [0.2, 0.25) is 5.69 Å². The van der Waals surface area contributed by atoms with Gasteiger partial charge in [0.05, 0.1) is 0 Å². The largest absolute Gasteiger partial charge is 0.457 e. The number of benzene rings is 1. The fraction of sp³-hybridized carbons (Fsp3) is 0.333. The van der Waals surface area contributed by atoms with Crippen LogP contribution in [0.4, 0.5) is 5.69 Å². The molecule has 0 aliphatic carbocycles. The normalized spacial score (nSPS) is 16.1. The standard InChI is InChI=1S/C12H13NO2/c1-3-7(2)8-5-4-6-9-10(8)13-12(15)11(9)14/h4-7H,3H2,1-2H3,(H,13,14,15)/p+1. The molecule has 1 aliphatic rings. The summed E-state index contributed by atoms with van der Waals surface area (Å²) >= 11 is 0. The molecule has 1 aromatic rings. The molecule has 1 unspecified atom stereocenters. The molecule has 2 N–H and O–H groups in total. The number of carbonyl (C=O) groups is 1. The van der Waals surface area contributed by atoms with Crippen molar-refractivity contribution < 1.29 is 14.9 Å². The molecule has 78 valence electrons. The van der Waals surface area contributed by atoms with E-state index >= 15 is 0 Å². The smallest absolute Gasteiger partial charge is 0.414 e. The van der Waals surface area contributed by atoms with E-state index in [1.54, 1.807) is 6.07 Å². The van der Waals surface area contributed by atoms with Gasteiger partial charge in [0.25, 0.3) is 0 Å². The van der Waals surface area contributed by atoms with Crippen LogP contribution < -0.4 is 4.99 Å². The predicted molar refractivity (Wildman–Crippen MR) is 57.7 cm³/mol. The van der Waals surface area contributed by atoms with Gasteiger partial charge in [0, 0.05) is 5.56 Å². The second-order valence-electron chi connectivity index (χ2n) is 3.88. The van der Waals surface area contributed by atoms with E-state index in [2.05, 4.69) is 18.8 Å². The van der Waals surface area contributed by atoms with Gasteiger partial charge in [0.15, 0.2) is 0 Å². The van der Waals surface area contributed by atoms with Crippen molar-refractivity contribution in [2.45, 2.75) is 26.2 Å². The molecule has 1 heterocycles. The maximum Gasteiger partial charge on any atom is 0.414 e. The lowest BCUT2D eigenvalue weighted by molar-refractivity contribution is -0.360. The van der Waals surface area contributed by atoms with Crippen LogP contribution in [0, 0.1) is 0 Å². The van der Waals surface area contributed by atoms with Crippen LogP contribution in [0.15, 0.2) is 18.2 Å². The van der Waals surface area contributed by atoms with Crippen LogP contribution in [0.3, 0.4) is 0 Å². The number of fused-ring (bicyclic) bond motifs is 1. The third-order valence-corrected chi connectivity index (χ3v) is 2.94. The number of Topliss-reactive ketones (excluding diaryl/α,β-unsaturated/α-hetero) is 1. The number of hydrogen-bond acceptors (Lipinski definition) is 1. The molecule has 3 heteroatoms. The fourth-order valence-electron chi connectivity index (χ4n) is 1.83. The molecule has 2 rings (SSSR count). The number of ketones is 1. The first kappa shape index (κ1) is 9.90. The maximum absolute atomic E-state index is 11.5. The van der Waals surface area contributed by atoms with Crippen molar-refractivity contribution in [1.29, 1.82) is 0 Å². The second kappa shape index (κ2) is 3.50. The Kier molecular flexibility index (Phi) is 2.31. The zero-order valence-corrected chi connectivity index (χ0v) is 8.87. The first-order valence-electron chi connectivity index (χ1n) is 5.15. The molecule has 0 aromatic heterocycles. The molecule has 1 aromatic carbocycles. The Morgan fingerprint density at radius 3 is 2.87 bits per heavy atom. The average Bonchev–Trinajstić information content (AvgIpc) is 2.54. The lowest BCUT2D eigenvalue weighted by Crippen LogP contribution is -2.65. The summed E-state index contributed by atoms with van der Waals surface area (Å²) in [5, 5.41) is 9.35. The first-order chi connectivity index (χ1) is 7.15. The van der Waals surface area contributed by atoms with Gasteiger partial charge < -0.3 is 5.11 Å². The van der Waals surface area contributed by atoms with Crippen molar-refractivity contribution in [3.05, 3.63) is 29.3 Å². The van der Waals surface area contributed by atoms with Crippen LogP contribution >= 0.6 is 0 Å². The Morgan fingerprint density at radius 1 is 1.47 bits per heavy atom. The highest BCUT2D eigenvalue weighted by molar-refractivity contribution is 6.42. The van der Waals surface area contributed by atoms with Crippen LogP contribution in [-0.4, -0.2) is 16.8 Å². The summed E-state index contributed by atoms with van der Waals surface area (Å²) in [5.41, 5.74) is 2.44. The summed E-state index contributed by atoms with van der Waals surface area (Å²) in [5.74, 6) is -0.193. The molecule has 15 heavy (non-hydrogen) atoms. The SMILES string of the molecule is CCC(C)c1cccc2c1[NH+]=C(O)C2=O. The van der Waals surface area contributed by atoms with Crippen LogP contribution in [0.1, 0.15) is 42.1 Å². The van der Waals surface area contributed by atoms with Crippen LogP contribution in [-0.2, 0) is 0 Å². The minimum absolute atomic E-state index is 0.263. The minimum Gasteiger partial charge on any atom is -0.457 e. The number of para-hydroxylation sites is 1. The van der Waals surface area contributed by atoms with Crippen molar-refractivity contribution in [2.24, 2.45) is 0 Å². The molecule has 0 bridgehead atoms. The Morgan fingerprint density at radius 2 is 2.20 bits per heavy atom. The molecular weight excluding hydrogens is 190 g/mol.